The van der Waals surface area contributed by atoms with Crippen molar-refractivity contribution in [2.45, 2.75) is 25.4 Å². The van der Waals surface area contributed by atoms with Crippen molar-refractivity contribution >= 4 is 39.8 Å². The molecular formula is C27H24Cl2FN3. The second-order valence-electron chi connectivity index (χ2n) is 8.48. The fourth-order valence-electron chi connectivity index (χ4n) is 4.47. The third-order valence-corrected chi connectivity index (χ3v) is 6.70. The van der Waals surface area contributed by atoms with Gasteiger partial charge in [-0.2, -0.15) is 0 Å². The summed E-state index contributed by atoms with van der Waals surface area (Å²) in [5.41, 5.74) is 4.27. The fraction of sp³-hybridized carbons (Fsp3) is 0.222. The summed E-state index contributed by atoms with van der Waals surface area (Å²) >= 11 is 12.3. The molecule has 1 saturated heterocycles. The van der Waals surface area contributed by atoms with Gasteiger partial charge in [-0.1, -0.05) is 47.5 Å². The van der Waals surface area contributed by atoms with Gasteiger partial charge < -0.3 is 5.32 Å². The van der Waals surface area contributed by atoms with Crippen molar-refractivity contribution in [2.24, 2.45) is 0 Å². The summed E-state index contributed by atoms with van der Waals surface area (Å²) in [6, 6.07) is 20.5. The Morgan fingerprint density at radius 2 is 1.61 bits per heavy atom. The molecule has 3 nitrogen and oxygen atoms in total. The lowest BCUT2D eigenvalue weighted by molar-refractivity contribution is 0.325. The van der Waals surface area contributed by atoms with Crippen LogP contribution in [0.1, 0.15) is 35.6 Å². The average molecular weight is 480 g/mol. The SMILES string of the molecule is Fc1cc(C(Nc2ccnc3cc(Cl)ccc23)c2ccc(Cl)cc2)ccc1CN1CCCC1. The third kappa shape index (κ3) is 4.98. The molecule has 33 heavy (non-hydrogen) atoms. The molecule has 6 heteroatoms. The minimum Gasteiger partial charge on any atom is -0.374 e. The maximum atomic E-state index is 15.2. The minimum absolute atomic E-state index is 0.175. The van der Waals surface area contributed by atoms with Gasteiger partial charge in [-0.15, -0.1) is 0 Å². The Morgan fingerprint density at radius 1 is 0.879 bits per heavy atom. The molecule has 0 saturated carbocycles. The fourth-order valence-corrected chi connectivity index (χ4v) is 4.76. The molecule has 1 fully saturated rings. The molecule has 0 bridgehead atoms. The zero-order chi connectivity index (χ0) is 22.8. The zero-order valence-corrected chi connectivity index (χ0v) is 19.6. The monoisotopic (exact) mass is 479 g/mol. The molecule has 0 radical (unpaired) electrons. The van der Waals surface area contributed by atoms with E-state index in [0.717, 1.165) is 46.4 Å². The summed E-state index contributed by atoms with van der Waals surface area (Å²) in [5.74, 6) is -0.175. The predicted octanol–water partition coefficient (Wildman–Crippen LogP) is 7.48. The van der Waals surface area contributed by atoms with Crippen LogP contribution in [-0.4, -0.2) is 23.0 Å². The highest BCUT2D eigenvalue weighted by atomic mass is 35.5. The highest BCUT2D eigenvalue weighted by molar-refractivity contribution is 6.31. The van der Waals surface area contributed by atoms with E-state index in [9.17, 15) is 0 Å². The first kappa shape index (κ1) is 22.1. The van der Waals surface area contributed by atoms with E-state index in [1.165, 1.54) is 12.8 Å². The lowest BCUT2D eigenvalue weighted by Crippen LogP contribution is -2.19. The van der Waals surface area contributed by atoms with Crippen molar-refractivity contribution in [3.05, 3.63) is 105 Å². The van der Waals surface area contributed by atoms with E-state index < -0.39 is 0 Å². The van der Waals surface area contributed by atoms with Gasteiger partial charge in [0.15, 0.2) is 0 Å². The van der Waals surface area contributed by atoms with E-state index in [0.29, 0.717) is 16.6 Å². The molecule has 1 aliphatic rings. The summed E-state index contributed by atoms with van der Waals surface area (Å²) < 4.78 is 15.2. The molecule has 1 aliphatic heterocycles. The number of hydrogen-bond acceptors (Lipinski definition) is 3. The van der Waals surface area contributed by atoms with Gasteiger partial charge in [0.05, 0.1) is 11.6 Å². The minimum atomic E-state index is -0.265. The van der Waals surface area contributed by atoms with Gasteiger partial charge in [0.1, 0.15) is 5.82 Å². The number of anilines is 1. The number of nitrogens with zero attached hydrogens (tertiary/aromatic N) is 2. The second-order valence-corrected chi connectivity index (χ2v) is 9.36. The van der Waals surface area contributed by atoms with Crippen molar-refractivity contribution in [1.29, 1.82) is 0 Å². The van der Waals surface area contributed by atoms with Crippen LogP contribution in [0.4, 0.5) is 10.1 Å². The number of fused-ring (bicyclic) bond motifs is 1. The molecule has 1 N–H and O–H groups in total. The van der Waals surface area contributed by atoms with Gasteiger partial charge in [-0.25, -0.2) is 4.39 Å². The topological polar surface area (TPSA) is 28.2 Å². The summed E-state index contributed by atoms with van der Waals surface area (Å²) in [4.78, 5) is 6.74. The molecule has 3 aromatic carbocycles. The van der Waals surface area contributed by atoms with Gasteiger partial charge in [0.25, 0.3) is 0 Å². The first-order valence-corrected chi connectivity index (χ1v) is 11.9. The van der Waals surface area contributed by atoms with Gasteiger partial charge in [-0.3, -0.25) is 9.88 Å². The number of benzene rings is 3. The van der Waals surface area contributed by atoms with E-state index in [2.05, 4.69) is 15.2 Å². The lowest BCUT2D eigenvalue weighted by Gasteiger charge is -2.23. The van der Waals surface area contributed by atoms with E-state index in [1.54, 1.807) is 12.3 Å². The van der Waals surface area contributed by atoms with Gasteiger partial charge in [0, 0.05) is 39.4 Å². The lowest BCUT2D eigenvalue weighted by atomic mass is 9.96. The maximum Gasteiger partial charge on any atom is 0.128 e. The summed E-state index contributed by atoms with van der Waals surface area (Å²) in [5, 5.41) is 5.86. The first-order valence-electron chi connectivity index (χ1n) is 11.1. The maximum absolute atomic E-state index is 15.2. The Labute approximate surface area is 203 Å². The van der Waals surface area contributed by atoms with E-state index in [1.807, 2.05) is 60.7 Å². The number of rotatable bonds is 6. The highest BCUT2D eigenvalue weighted by Gasteiger charge is 2.19. The molecule has 0 aliphatic carbocycles. The van der Waals surface area contributed by atoms with Crippen LogP contribution in [0.5, 0.6) is 0 Å². The zero-order valence-electron chi connectivity index (χ0n) is 18.1. The smallest absolute Gasteiger partial charge is 0.128 e. The second kappa shape index (κ2) is 9.68. The van der Waals surface area contributed by atoms with Crippen molar-refractivity contribution in [3.8, 4) is 0 Å². The van der Waals surface area contributed by atoms with E-state index >= 15 is 4.39 Å². The number of likely N-dealkylation sites (tertiary alicyclic amines) is 1. The molecular weight excluding hydrogens is 456 g/mol. The number of hydrogen-bond donors (Lipinski definition) is 1. The quantitative estimate of drug-likeness (QED) is 0.310. The first-order chi connectivity index (χ1) is 16.1. The molecule has 0 spiro atoms. The van der Waals surface area contributed by atoms with Crippen molar-refractivity contribution in [2.75, 3.05) is 18.4 Å². The molecule has 168 valence electrons. The normalized spacial score (nSPS) is 15.1. The molecule has 1 unspecified atom stereocenters. The Morgan fingerprint density at radius 3 is 2.36 bits per heavy atom. The predicted molar refractivity (Wildman–Crippen MR) is 135 cm³/mol. The molecule has 0 amide bonds. The van der Waals surface area contributed by atoms with Crippen LogP contribution in [0.15, 0.2) is 72.9 Å². The van der Waals surface area contributed by atoms with Crippen molar-refractivity contribution < 1.29 is 4.39 Å². The van der Waals surface area contributed by atoms with Crippen LogP contribution in [-0.2, 0) is 6.54 Å². The van der Waals surface area contributed by atoms with Gasteiger partial charge in [0.2, 0.25) is 0 Å². The summed E-state index contributed by atoms with van der Waals surface area (Å²) in [7, 11) is 0. The van der Waals surface area contributed by atoms with Crippen LogP contribution in [0.25, 0.3) is 10.9 Å². The summed E-state index contributed by atoms with van der Waals surface area (Å²) in [6.07, 6.45) is 4.13. The molecule has 1 aromatic heterocycles. The largest absolute Gasteiger partial charge is 0.374 e. The summed E-state index contributed by atoms with van der Waals surface area (Å²) in [6.45, 7) is 2.73. The molecule has 2 heterocycles. The molecule has 5 rings (SSSR count). The van der Waals surface area contributed by atoms with Crippen molar-refractivity contribution in [1.82, 2.24) is 9.88 Å². The van der Waals surface area contributed by atoms with Gasteiger partial charge in [-0.05, 0) is 79.5 Å². The number of pyridine rings is 1. The van der Waals surface area contributed by atoms with Crippen LogP contribution in [0, 0.1) is 5.82 Å². The van der Waals surface area contributed by atoms with Crippen LogP contribution < -0.4 is 5.32 Å². The number of halogens is 3. The Bertz CT molecular complexity index is 1270. The van der Waals surface area contributed by atoms with Gasteiger partial charge >= 0.3 is 0 Å². The average Bonchev–Trinajstić information content (AvgIpc) is 3.32. The Hall–Kier alpha value is -2.66. The molecule has 1 atom stereocenters. The van der Waals surface area contributed by atoms with Crippen molar-refractivity contribution in [3.63, 3.8) is 0 Å². The third-order valence-electron chi connectivity index (χ3n) is 6.21. The highest BCUT2D eigenvalue weighted by Crippen LogP contribution is 2.32. The van der Waals surface area contributed by atoms with E-state index in [4.69, 9.17) is 23.2 Å². The van der Waals surface area contributed by atoms with Crippen LogP contribution in [0.2, 0.25) is 10.0 Å². The van der Waals surface area contributed by atoms with Crippen LogP contribution in [0.3, 0.4) is 0 Å². The molecule has 4 aromatic rings. The number of aromatic nitrogens is 1. The van der Waals surface area contributed by atoms with E-state index in [-0.39, 0.29) is 11.9 Å². The Balaban J connectivity index is 1.52. The number of nitrogens with one attached hydrogen (secondary N) is 1. The Kier molecular flexibility index (Phi) is 6.50. The standard InChI is InChI=1S/C27H24Cl2FN3/c28-21-7-5-18(6-8-21)27(32-25-11-12-31-26-16-22(29)9-10-23(25)26)19-3-4-20(24(30)15-19)17-33-13-1-2-14-33/h3-12,15-16,27H,1-2,13-14,17H2,(H,31,32). The van der Waals surface area contributed by atoms with Crippen LogP contribution >= 0.6 is 23.2 Å².